The maximum absolute atomic E-state index is 12.0. The van der Waals surface area contributed by atoms with Crippen LogP contribution in [-0.2, 0) is 0 Å². The fourth-order valence-corrected chi connectivity index (χ4v) is 1.15. The van der Waals surface area contributed by atoms with Crippen LogP contribution in [0.3, 0.4) is 0 Å². The van der Waals surface area contributed by atoms with E-state index >= 15 is 0 Å². The van der Waals surface area contributed by atoms with Gasteiger partial charge in [-0.3, -0.25) is 0 Å². The van der Waals surface area contributed by atoms with Crippen LogP contribution >= 0.6 is 0 Å². The molecule has 0 bridgehead atoms. The van der Waals surface area contributed by atoms with E-state index in [1.807, 2.05) is 0 Å². The Morgan fingerprint density at radius 1 is 1.44 bits per heavy atom. The molecule has 90 valence electrons. The van der Waals surface area contributed by atoms with Crippen molar-refractivity contribution in [3.8, 4) is 0 Å². The Bertz CT molecular complexity index is 366. The maximum atomic E-state index is 12.0. The Hall–Kier alpha value is -1.43. The molecule has 0 saturated carbocycles. The molecule has 0 fully saturated rings. The molecule has 0 heterocycles. The number of rotatable bonds is 3. The molecule has 1 atom stereocenters. The number of anilines is 2. The van der Waals surface area contributed by atoms with Gasteiger partial charge in [-0.2, -0.15) is 13.2 Å². The van der Waals surface area contributed by atoms with Crippen molar-refractivity contribution >= 4 is 11.4 Å². The number of nitrogen functional groups attached to an aromatic ring is 1. The van der Waals surface area contributed by atoms with E-state index in [1.54, 1.807) is 19.1 Å². The molecular formula is C10H13F3N2O. The highest BCUT2D eigenvalue weighted by molar-refractivity contribution is 5.59. The first-order valence-electron chi connectivity index (χ1n) is 4.65. The molecule has 1 aromatic rings. The van der Waals surface area contributed by atoms with Crippen LogP contribution in [0.5, 0.6) is 0 Å². The van der Waals surface area contributed by atoms with E-state index in [9.17, 15) is 13.2 Å². The van der Waals surface area contributed by atoms with E-state index in [0.717, 1.165) is 5.56 Å². The summed E-state index contributed by atoms with van der Waals surface area (Å²) in [5.74, 6) is 0. The van der Waals surface area contributed by atoms with Gasteiger partial charge in [-0.15, -0.1) is 0 Å². The van der Waals surface area contributed by atoms with Gasteiger partial charge in [-0.25, -0.2) is 0 Å². The summed E-state index contributed by atoms with van der Waals surface area (Å²) >= 11 is 0. The number of halogens is 3. The Balaban J connectivity index is 2.64. The minimum Gasteiger partial charge on any atom is -0.399 e. The molecule has 0 aromatic heterocycles. The molecule has 1 rings (SSSR count). The molecule has 0 radical (unpaired) electrons. The van der Waals surface area contributed by atoms with Gasteiger partial charge in [-0.1, -0.05) is 6.07 Å². The summed E-state index contributed by atoms with van der Waals surface area (Å²) in [6, 6.07) is 4.87. The molecule has 3 nitrogen and oxygen atoms in total. The Morgan fingerprint density at radius 3 is 2.62 bits per heavy atom. The largest absolute Gasteiger partial charge is 0.416 e. The number of nitrogens with one attached hydrogen (secondary N) is 1. The first-order chi connectivity index (χ1) is 7.30. The van der Waals surface area contributed by atoms with Crippen molar-refractivity contribution in [3.05, 3.63) is 23.8 Å². The molecule has 6 heteroatoms. The second-order valence-electron chi connectivity index (χ2n) is 3.51. The number of hydrogen-bond acceptors (Lipinski definition) is 3. The predicted molar refractivity (Wildman–Crippen MR) is 56.1 cm³/mol. The molecule has 0 amide bonds. The average molecular weight is 234 g/mol. The third kappa shape index (κ3) is 3.30. The summed E-state index contributed by atoms with van der Waals surface area (Å²) in [6.07, 6.45) is -6.99. The standard InChI is InChI=1S/C10H13F3N2O/c1-6-2-3-7(14)4-8(6)15-5-9(16)10(11,12)13/h2-4,9,15-16H,5,14H2,1H3. The van der Waals surface area contributed by atoms with Crippen molar-refractivity contribution in [2.45, 2.75) is 19.2 Å². The quantitative estimate of drug-likeness (QED) is 0.700. The van der Waals surface area contributed by atoms with Crippen LogP contribution < -0.4 is 11.1 Å². The van der Waals surface area contributed by atoms with Crippen molar-refractivity contribution in [1.82, 2.24) is 0 Å². The zero-order valence-electron chi connectivity index (χ0n) is 8.67. The van der Waals surface area contributed by atoms with Crippen molar-refractivity contribution in [3.63, 3.8) is 0 Å². The van der Waals surface area contributed by atoms with Crippen LogP contribution in [0.25, 0.3) is 0 Å². The van der Waals surface area contributed by atoms with Crippen LogP contribution in [0.4, 0.5) is 24.5 Å². The van der Waals surface area contributed by atoms with E-state index in [-0.39, 0.29) is 0 Å². The van der Waals surface area contributed by atoms with Gasteiger partial charge in [-0.05, 0) is 24.6 Å². The first kappa shape index (κ1) is 12.6. The van der Waals surface area contributed by atoms with Crippen LogP contribution in [-0.4, -0.2) is 23.9 Å². The number of aryl methyl sites for hydroxylation is 1. The smallest absolute Gasteiger partial charge is 0.399 e. The Labute approximate surface area is 91.1 Å². The van der Waals surface area contributed by atoms with E-state index in [0.29, 0.717) is 11.4 Å². The summed E-state index contributed by atoms with van der Waals surface area (Å²) in [5.41, 5.74) is 7.20. The van der Waals surface area contributed by atoms with E-state index in [4.69, 9.17) is 10.8 Å². The summed E-state index contributed by atoms with van der Waals surface area (Å²) < 4.78 is 36.1. The topological polar surface area (TPSA) is 58.3 Å². The van der Waals surface area contributed by atoms with Crippen molar-refractivity contribution in [1.29, 1.82) is 0 Å². The van der Waals surface area contributed by atoms with Gasteiger partial charge in [0.05, 0.1) is 0 Å². The summed E-state index contributed by atoms with van der Waals surface area (Å²) in [4.78, 5) is 0. The highest BCUT2D eigenvalue weighted by Gasteiger charge is 2.37. The number of aliphatic hydroxyl groups is 1. The molecule has 1 unspecified atom stereocenters. The zero-order valence-corrected chi connectivity index (χ0v) is 8.67. The van der Waals surface area contributed by atoms with Gasteiger partial charge >= 0.3 is 6.18 Å². The zero-order chi connectivity index (χ0) is 12.3. The molecule has 16 heavy (non-hydrogen) atoms. The van der Waals surface area contributed by atoms with Gasteiger partial charge in [0.1, 0.15) is 0 Å². The fourth-order valence-electron chi connectivity index (χ4n) is 1.15. The van der Waals surface area contributed by atoms with Crippen LogP contribution in [0.15, 0.2) is 18.2 Å². The highest BCUT2D eigenvalue weighted by atomic mass is 19.4. The average Bonchev–Trinajstić information content (AvgIpc) is 2.17. The predicted octanol–water partition coefficient (Wildman–Crippen LogP) is 1.91. The minimum atomic E-state index is -4.61. The lowest BCUT2D eigenvalue weighted by Crippen LogP contribution is -2.35. The molecule has 0 aliphatic rings. The second kappa shape index (κ2) is 4.61. The van der Waals surface area contributed by atoms with E-state index in [2.05, 4.69) is 5.32 Å². The van der Waals surface area contributed by atoms with Crippen LogP contribution in [0.1, 0.15) is 5.56 Å². The van der Waals surface area contributed by atoms with Crippen molar-refractivity contribution in [2.75, 3.05) is 17.6 Å². The lowest BCUT2D eigenvalue weighted by Gasteiger charge is -2.17. The van der Waals surface area contributed by atoms with Crippen LogP contribution in [0.2, 0.25) is 0 Å². The molecule has 0 spiro atoms. The lowest BCUT2D eigenvalue weighted by atomic mass is 10.2. The summed E-state index contributed by atoms with van der Waals surface area (Å²) in [5, 5.41) is 11.3. The molecule has 0 saturated heterocycles. The van der Waals surface area contributed by atoms with Gasteiger partial charge < -0.3 is 16.2 Å². The lowest BCUT2D eigenvalue weighted by molar-refractivity contribution is -0.198. The number of hydrogen-bond donors (Lipinski definition) is 3. The highest BCUT2D eigenvalue weighted by Crippen LogP contribution is 2.22. The fraction of sp³-hybridized carbons (Fsp3) is 0.400. The van der Waals surface area contributed by atoms with Gasteiger partial charge in [0.25, 0.3) is 0 Å². The summed E-state index contributed by atoms with van der Waals surface area (Å²) in [7, 11) is 0. The summed E-state index contributed by atoms with van der Waals surface area (Å²) in [6.45, 7) is 1.15. The normalized spacial score (nSPS) is 13.6. The third-order valence-electron chi connectivity index (χ3n) is 2.13. The van der Waals surface area contributed by atoms with Gasteiger partial charge in [0.2, 0.25) is 0 Å². The van der Waals surface area contributed by atoms with Gasteiger partial charge in [0, 0.05) is 17.9 Å². The third-order valence-corrected chi connectivity index (χ3v) is 2.13. The Kier molecular flexibility index (Phi) is 3.64. The molecule has 0 aliphatic heterocycles. The number of alkyl halides is 3. The number of benzene rings is 1. The maximum Gasteiger partial charge on any atom is 0.416 e. The van der Waals surface area contributed by atoms with E-state index < -0.39 is 18.8 Å². The number of aliphatic hydroxyl groups excluding tert-OH is 1. The molecule has 1 aromatic carbocycles. The molecule has 0 aliphatic carbocycles. The molecule has 4 N–H and O–H groups in total. The monoisotopic (exact) mass is 234 g/mol. The second-order valence-corrected chi connectivity index (χ2v) is 3.51. The first-order valence-corrected chi connectivity index (χ1v) is 4.65. The Morgan fingerprint density at radius 2 is 2.06 bits per heavy atom. The van der Waals surface area contributed by atoms with Gasteiger partial charge in [0.15, 0.2) is 6.10 Å². The SMILES string of the molecule is Cc1ccc(N)cc1NCC(O)C(F)(F)F. The van der Waals surface area contributed by atoms with Crippen molar-refractivity contribution < 1.29 is 18.3 Å². The number of nitrogens with two attached hydrogens (primary N) is 1. The van der Waals surface area contributed by atoms with E-state index in [1.165, 1.54) is 6.07 Å². The van der Waals surface area contributed by atoms with Crippen molar-refractivity contribution in [2.24, 2.45) is 0 Å². The minimum absolute atomic E-state index is 0.453. The van der Waals surface area contributed by atoms with Crippen LogP contribution in [0, 0.1) is 6.92 Å². The molecular weight excluding hydrogens is 221 g/mol.